The summed E-state index contributed by atoms with van der Waals surface area (Å²) >= 11 is 0. The van der Waals surface area contributed by atoms with E-state index >= 15 is 0 Å². The molecule has 1 saturated heterocycles. The summed E-state index contributed by atoms with van der Waals surface area (Å²) in [6.45, 7) is 11.4. The Morgan fingerprint density at radius 2 is 1.69 bits per heavy atom. The molecule has 1 fully saturated rings. The first-order valence-electron chi connectivity index (χ1n) is 12.3. The predicted molar refractivity (Wildman–Crippen MR) is 141 cm³/mol. The average molecular weight is 474 g/mol. The van der Waals surface area contributed by atoms with Gasteiger partial charge in [-0.1, -0.05) is 42.8 Å². The second-order valence-corrected chi connectivity index (χ2v) is 9.29. The standard InChI is InChI=1S/C29H35N3O3/c1-6-24-28(26(33)18-22(4)32(24)19-23-9-7-8-10-27(23)35-5)29(34)31-15-13-30(14-16-31)25-12-11-20(2)17-21(25)3/h7-12,17-18H,6,13-16,19H2,1-5H3. The van der Waals surface area contributed by atoms with Gasteiger partial charge in [-0.2, -0.15) is 0 Å². The van der Waals surface area contributed by atoms with Gasteiger partial charge >= 0.3 is 0 Å². The topological polar surface area (TPSA) is 54.8 Å². The largest absolute Gasteiger partial charge is 0.496 e. The predicted octanol–water partition coefficient (Wildman–Crippen LogP) is 4.36. The molecule has 0 bridgehead atoms. The van der Waals surface area contributed by atoms with Gasteiger partial charge in [0.1, 0.15) is 11.3 Å². The number of pyridine rings is 1. The van der Waals surface area contributed by atoms with Gasteiger partial charge in [0.05, 0.1) is 13.7 Å². The molecular formula is C29H35N3O3. The van der Waals surface area contributed by atoms with E-state index in [0.717, 1.165) is 35.8 Å². The number of aryl methyl sites for hydroxylation is 3. The Balaban J connectivity index is 1.60. The highest BCUT2D eigenvalue weighted by atomic mass is 16.5. The first kappa shape index (κ1) is 24.6. The van der Waals surface area contributed by atoms with Gasteiger partial charge in [0.15, 0.2) is 5.43 Å². The van der Waals surface area contributed by atoms with Crippen LogP contribution in [0.4, 0.5) is 5.69 Å². The van der Waals surface area contributed by atoms with E-state index in [-0.39, 0.29) is 11.3 Å². The Morgan fingerprint density at radius 3 is 2.34 bits per heavy atom. The molecule has 0 N–H and O–H groups in total. The maximum absolute atomic E-state index is 13.7. The lowest BCUT2D eigenvalue weighted by Gasteiger charge is -2.37. The van der Waals surface area contributed by atoms with Crippen molar-refractivity contribution in [2.45, 2.75) is 40.7 Å². The summed E-state index contributed by atoms with van der Waals surface area (Å²) in [6, 6.07) is 15.9. The number of ether oxygens (including phenoxy) is 1. The van der Waals surface area contributed by atoms with Crippen LogP contribution < -0.4 is 15.1 Å². The number of amides is 1. The van der Waals surface area contributed by atoms with E-state index in [9.17, 15) is 9.59 Å². The van der Waals surface area contributed by atoms with Gasteiger partial charge in [0.2, 0.25) is 0 Å². The highest BCUT2D eigenvalue weighted by molar-refractivity contribution is 5.95. The Bertz CT molecular complexity index is 1290. The Morgan fingerprint density at radius 1 is 0.971 bits per heavy atom. The van der Waals surface area contributed by atoms with Crippen molar-refractivity contribution < 1.29 is 9.53 Å². The van der Waals surface area contributed by atoms with Crippen LogP contribution in [0, 0.1) is 20.8 Å². The van der Waals surface area contributed by atoms with Crippen molar-refractivity contribution in [2.75, 3.05) is 38.2 Å². The molecule has 6 nitrogen and oxygen atoms in total. The van der Waals surface area contributed by atoms with Gasteiger partial charge in [-0.3, -0.25) is 9.59 Å². The first-order valence-corrected chi connectivity index (χ1v) is 12.3. The molecule has 35 heavy (non-hydrogen) atoms. The van der Waals surface area contributed by atoms with Crippen LogP contribution in [-0.4, -0.2) is 48.7 Å². The quantitative estimate of drug-likeness (QED) is 0.534. The Hall–Kier alpha value is -3.54. The van der Waals surface area contributed by atoms with Crippen molar-refractivity contribution in [1.29, 1.82) is 0 Å². The molecular weight excluding hydrogens is 438 g/mol. The maximum atomic E-state index is 13.7. The highest BCUT2D eigenvalue weighted by Gasteiger charge is 2.27. The minimum Gasteiger partial charge on any atom is -0.496 e. The monoisotopic (exact) mass is 473 g/mol. The number of carbonyl (C=O) groups is 1. The molecule has 1 amide bonds. The third-order valence-corrected chi connectivity index (χ3v) is 6.96. The molecule has 1 aliphatic rings. The Labute approximate surface area is 207 Å². The van der Waals surface area contributed by atoms with E-state index in [2.05, 4.69) is 41.5 Å². The van der Waals surface area contributed by atoms with Crippen LogP contribution in [0.2, 0.25) is 0 Å². The zero-order valence-corrected chi connectivity index (χ0v) is 21.4. The number of para-hydroxylation sites is 1. The molecule has 2 heterocycles. The fourth-order valence-corrected chi connectivity index (χ4v) is 5.12. The van der Waals surface area contributed by atoms with Gasteiger partial charge in [-0.25, -0.2) is 0 Å². The fraction of sp³-hybridized carbons (Fsp3) is 0.379. The third-order valence-electron chi connectivity index (χ3n) is 6.96. The smallest absolute Gasteiger partial charge is 0.259 e. The molecule has 184 valence electrons. The molecule has 6 heteroatoms. The number of aromatic nitrogens is 1. The number of benzene rings is 2. The number of piperazine rings is 1. The molecule has 2 aromatic carbocycles. The van der Waals surface area contributed by atoms with Crippen molar-refractivity contribution in [1.82, 2.24) is 9.47 Å². The summed E-state index contributed by atoms with van der Waals surface area (Å²) in [5.41, 5.74) is 6.44. The van der Waals surface area contributed by atoms with Gasteiger partial charge < -0.3 is 19.1 Å². The normalized spacial score (nSPS) is 13.7. The number of carbonyl (C=O) groups excluding carboxylic acids is 1. The summed E-state index contributed by atoms with van der Waals surface area (Å²) in [5.74, 6) is 0.629. The van der Waals surface area contributed by atoms with Crippen molar-refractivity contribution in [3.8, 4) is 5.75 Å². The Kier molecular flexibility index (Phi) is 7.29. The molecule has 3 aromatic rings. The number of rotatable bonds is 6. The summed E-state index contributed by atoms with van der Waals surface area (Å²) < 4.78 is 7.62. The van der Waals surface area contributed by atoms with Gasteiger partial charge in [-0.05, 0) is 44.9 Å². The molecule has 0 atom stereocenters. The van der Waals surface area contributed by atoms with Crippen LogP contribution in [0.15, 0.2) is 53.3 Å². The molecule has 0 spiro atoms. The minimum atomic E-state index is -0.197. The molecule has 0 saturated carbocycles. The number of nitrogens with zero attached hydrogens (tertiary/aromatic N) is 3. The number of anilines is 1. The van der Waals surface area contributed by atoms with Crippen molar-refractivity contribution in [2.24, 2.45) is 0 Å². The number of methoxy groups -OCH3 is 1. The van der Waals surface area contributed by atoms with Crippen LogP contribution in [0.3, 0.4) is 0 Å². The minimum absolute atomic E-state index is 0.166. The molecule has 4 rings (SSSR count). The van der Waals surface area contributed by atoms with Gasteiger partial charge in [0.25, 0.3) is 5.91 Å². The molecule has 0 radical (unpaired) electrons. The average Bonchev–Trinajstić information content (AvgIpc) is 2.85. The van der Waals surface area contributed by atoms with Gasteiger partial charge in [0, 0.05) is 54.9 Å². The second kappa shape index (κ2) is 10.4. The first-order chi connectivity index (χ1) is 16.8. The van der Waals surface area contributed by atoms with E-state index in [0.29, 0.717) is 31.6 Å². The lowest BCUT2D eigenvalue weighted by molar-refractivity contribution is 0.0743. The highest BCUT2D eigenvalue weighted by Crippen LogP contribution is 2.24. The van der Waals surface area contributed by atoms with E-state index in [1.807, 2.05) is 43.0 Å². The van der Waals surface area contributed by atoms with E-state index in [1.54, 1.807) is 13.2 Å². The maximum Gasteiger partial charge on any atom is 0.259 e. The lowest BCUT2D eigenvalue weighted by Crippen LogP contribution is -2.50. The molecule has 0 aliphatic carbocycles. The van der Waals surface area contributed by atoms with Crippen LogP contribution >= 0.6 is 0 Å². The van der Waals surface area contributed by atoms with E-state index < -0.39 is 0 Å². The SMILES string of the molecule is CCc1c(C(=O)N2CCN(c3ccc(C)cc3C)CC2)c(=O)cc(C)n1Cc1ccccc1OC. The van der Waals surface area contributed by atoms with E-state index in [4.69, 9.17) is 4.74 Å². The van der Waals surface area contributed by atoms with Crippen molar-refractivity contribution in [3.63, 3.8) is 0 Å². The van der Waals surface area contributed by atoms with Crippen LogP contribution in [0.5, 0.6) is 5.75 Å². The third kappa shape index (κ3) is 4.97. The summed E-state index contributed by atoms with van der Waals surface area (Å²) in [6.07, 6.45) is 0.593. The van der Waals surface area contributed by atoms with Crippen LogP contribution in [0.25, 0.3) is 0 Å². The number of hydrogen-bond acceptors (Lipinski definition) is 4. The second-order valence-electron chi connectivity index (χ2n) is 9.29. The lowest BCUT2D eigenvalue weighted by atomic mass is 10.1. The molecule has 1 aliphatic heterocycles. The molecule has 0 unspecified atom stereocenters. The van der Waals surface area contributed by atoms with Crippen LogP contribution in [-0.2, 0) is 13.0 Å². The van der Waals surface area contributed by atoms with Gasteiger partial charge in [-0.15, -0.1) is 0 Å². The van der Waals surface area contributed by atoms with Crippen LogP contribution in [0.1, 0.15) is 45.4 Å². The zero-order chi connectivity index (χ0) is 25.1. The van der Waals surface area contributed by atoms with Crippen molar-refractivity contribution >= 4 is 11.6 Å². The number of hydrogen-bond donors (Lipinski definition) is 0. The summed E-state index contributed by atoms with van der Waals surface area (Å²) in [4.78, 5) is 30.9. The van der Waals surface area contributed by atoms with Crippen molar-refractivity contribution in [3.05, 3.63) is 92.4 Å². The summed E-state index contributed by atoms with van der Waals surface area (Å²) in [5, 5.41) is 0. The zero-order valence-electron chi connectivity index (χ0n) is 21.4. The fourth-order valence-electron chi connectivity index (χ4n) is 5.12. The summed E-state index contributed by atoms with van der Waals surface area (Å²) in [7, 11) is 1.66. The van der Waals surface area contributed by atoms with E-state index in [1.165, 1.54) is 16.8 Å². The molecule has 1 aromatic heterocycles.